The Morgan fingerprint density at radius 3 is 2.66 bits per heavy atom. The molecule has 2 fully saturated rings. The number of hydrogen-bond donors (Lipinski definition) is 3. The van der Waals surface area contributed by atoms with Crippen LogP contribution >= 0.6 is 11.6 Å². The average Bonchev–Trinajstić information content (AvgIpc) is 3.37. The number of halogens is 1. The summed E-state index contributed by atoms with van der Waals surface area (Å²) in [4.78, 5) is 32.0. The standard InChI is InChI=1S/C28H36ClN9O3/c1-19(13-31-18-32-17-30)41-26-12-20(2-7-24(26)29)21-14-33-28(34-15-21)35-25-16-38(36-27(25)39)23-5-3-22(4-6-23)37-8-10-40-11-9-37/h2,7,12,14-19,22-23H,3-6,8-11,13H2,1H3,(H,36,39)(H2,30,31,32)(H,33,34,35)/t19-,22?,23?/m0/s1. The SMILES string of the molecule is C[C@@H](CN=CN=CN)Oc1cc(-c2cnc(Nc3cn(C4CCC(N5CCOCC5)CC4)[nH]c3=O)nc2)ccc1Cl. The number of aliphatic imine (C=N–C) groups is 2. The van der Waals surface area contributed by atoms with Gasteiger partial charge in [0.2, 0.25) is 5.95 Å². The number of aromatic nitrogens is 4. The quantitative estimate of drug-likeness (QED) is 0.243. The Bertz CT molecular complexity index is 1390. The molecule has 2 aromatic heterocycles. The van der Waals surface area contributed by atoms with Crippen molar-refractivity contribution in [1.29, 1.82) is 0 Å². The lowest BCUT2D eigenvalue weighted by Gasteiger charge is -2.38. The molecule has 3 aromatic rings. The molecule has 1 aromatic carbocycles. The summed E-state index contributed by atoms with van der Waals surface area (Å²) in [5.74, 6) is 0.869. The minimum absolute atomic E-state index is 0.194. The third kappa shape index (κ3) is 7.51. The van der Waals surface area contributed by atoms with Gasteiger partial charge in [0.05, 0.1) is 43.4 Å². The molecule has 1 saturated carbocycles. The van der Waals surface area contributed by atoms with Crippen LogP contribution < -0.4 is 21.3 Å². The van der Waals surface area contributed by atoms with E-state index in [0.717, 1.165) is 63.1 Å². The molecule has 5 rings (SSSR count). The maximum atomic E-state index is 12.7. The molecule has 41 heavy (non-hydrogen) atoms. The molecule has 0 spiro atoms. The second-order valence-electron chi connectivity index (χ2n) is 10.3. The first-order chi connectivity index (χ1) is 20.0. The molecule has 0 radical (unpaired) electrons. The number of H-pyrrole nitrogens is 1. The first-order valence-corrected chi connectivity index (χ1v) is 14.3. The van der Waals surface area contributed by atoms with Gasteiger partial charge in [-0.05, 0) is 50.3 Å². The number of hydrogen-bond acceptors (Lipinski definition) is 8. The monoisotopic (exact) mass is 581 g/mol. The predicted molar refractivity (Wildman–Crippen MR) is 161 cm³/mol. The van der Waals surface area contributed by atoms with E-state index in [2.05, 4.69) is 35.3 Å². The summed E-state index contributed by atoms with van der Waals surface area (Å²) in [6.45, 7) is 5.95. The van der Waals surface area contributed by atoms with Gasteiger partial charge in [-0.25, -0.2) is 15.0 Å². The highest BCUT2D eigenvalue weighted by atomic mass is 35.5. The van der Waals surface area contributed by atoms with Crippen LogP contribution in [0.4, 0.5) is 11.6 Å². The number of nitrogens with two attached hydrogens (primary N) is 1. The van der Waals surface area contributed by atoms with E-state index in [1.807, 2.05) is 29.9 Å². The summed E-state index contributed by atoms with van der Waals surface area (Å²) >= 11 is 6.36. The molecule has 3 heterocycles. The van der Waals surface area contributed by atoms with Crippen LogP contribution in [0, 0.1) is 0 Å². The molecular formula is C28H36ClN9O3. The van der Waals surface area contributed by atoms with Crippen molar-refractivity contribution in [2.45, 2.75) is 50.8 Å². The van der Waals surface area contributed by atoms with E-state index in [9.17, 15) is 4.79 Å². The molecule has 1 saturated heterocycles. The van der Waals surface area contributed by atoms with Crippen LogP contribution in [0.3, 0.4) is 0 Å². The van der Waals surface area contributed by atoms with Gasteiger partial charge >= 0.3 is 0 Å². The van der Waals surface area contributed by atoms with Crippen molar-refractivity contribution in [3.8, 4) is 16.9 Å². The third-order valence-corrected chi connectivity index (χ3v) is 7.77. The fourth-order valence-electron chi connectivity index (χ4n) is 5.31. The number of anilines is 2. The van der Waals surface area contributed by atoms with Crippen LogP contribution in [-0.4, -0.2) is 82.3 Å². The Morgan fingerprint density at radius 2 is 1.93 bits per heavy atom. The van der Waals surface area contributed by atoms with Crippen LogP contribution in [0.25, 0.3) is 11.1 Å². The molecular weight excluding hydrogens is 546 g/mol. The van der Waals surface area contributed by atoms with Gasteiger partial charge in [-0.3, -0.25) is 24.5 Å². The van der Waals surface area contributed by atoms with Crippen molar-refractivity contribution in [3.05, 3.63) is 52.2 Å². The Balaban J connectivity index is 1.19. The molecule has 1 aliphatic heterocycles. The molecule has 1 atom stereocenters. The van der Waals surface area contributed by atoms with E-state index >= 15 is 0 Å². The van der Waals surface area contributed by atoms with Crippen LogP contribution in [0.2, 0.25) is 5.02 Å². The zero-order valence-corrected chi connectivity index (χ0v) is 23.8. The highest BCUT2D eigenvalue weighted by molar-refractivity contribution is 6.32. The zero-order valence-electron chi connectivity index (χ0n) is 23.1. The maximum absolute atomic E-state index is 12.7. The van der Waals surface area contributed by atoms with Crippen LogP contribution in [0.5, 0.6) is 5.75 Å². The number of nitrogens with one attached hydrogen (secondary N) is 2. The highest BCUT2D eigenvalue weighted by Gasteiger charge is 2.28. The van der Waals surface area contributed by atoms with Crippen molar-refractivity contribution in [2.24, 2.45) is 15.7 Å². The Morgan fingerprint density at radius 1 is 1.20 bits per heavy atom. The van der Waals surface area contributed by atoms with E-state index in [1.54, 1.807) is 18.5 Å². The first-order valence-electron chi connectivity index (χ1n) is 13.9. The minimum atomic E-state index is -0.222. The summed E-state index contributed by atoms with van der Waals surface area (Å²) < 4.78 is 13.4. The lowest BCUT2D eigenvalue weighted by atomic mass is 9.90. The summed E-state index contributed by atoms with van der Waals surface area (Å²) in [6, 6.07) is 6.35. The smallest absolute Gasteiger partial charge is 0.287 e. The minimum Gasteiger partial charge on any atom is -0.487 e. The summed E-state index contributed by atoms with van der Waals surface area (Å²) in [5.41, 5.74) is 7.05. The lowest BCUT2D eigenvalue weighted by Crippen LogP contribution is -2.45. The van der Waals surface area contributed by atoms with Gasteiger partial charge in [0.25, 0.3) is 5.56 Å². The van der Waals surface area contributed by atoms with Gasteiger partial charge in [0, 0.05) is 37.1 Å². The summed E-state index contributed by atoms with van der Waals surface area (Å²) in [7, 11) is 0. The predicted octanol–water partition coefficient (Wildman–Crippen LogP) is 3.63. The van der Waals surface area contributed by atoms with Gasteiger partial charge in [-0.1, -0.05) is 17.7 Å². The molecule has 4 N–H and O–H groups in total. The van der Waals surface area contributed by atoms with Gasteiger partial charge in [-0.2, -0.15) is 0 Å². The number of aromatic amines is 1. The third-order valence-electron chi connectivity index (χ3n) is 7.45. The highest BCUT2D eigenvalue weighted by Crippen LogP contribution is 2.32. The number of nitrogens with zero attached hydrogens (tertiary/aromatic N) is 6. The summed E-state index contributed by atoms with van der Waals surface area (Å²) in [5, 5.41) is 6.52. The van der Waals surface area contributed by atoms with Gasteiger partial charge in [0.1, 0.15) is 23.9 Å². The zero-order chi connectivity index (χ0) is 28.6. The molecule has 0 bridgehead atoms. The largest absolute Gasteiger partial charge is 0.487 e. The Hall–Kier alpha value is -3.74. The molecule has 1 aliphatic carbocycles. The molecule has 12 nitrogen and oxygen atoms in total. The first kappa shape index (κ1) is 28.8. The topological polar surface area (TPSA) is 148 Å². The fourth-order valence-corrected chi connectivity index (χ4v) is 5.47. The number of rotatable bonds is 10. The van der Waals surface area contributed by atoms with E-state index in [0.29, 0.717) is 35.0 Å². The molecule has 218 valence electrons. The lowest BCUT2D eigenvalue weighted by molar-refractivity contribution is 0.00505. The van der Waals surface area contributed by atoms with Crippen LogP contribution in [0.1, 0.15) is 38.6 Å². The summed E-state index contributed by atoms with van der Waals surface area (Å²) in [6.07, 6.45) is 11.8. The van der Waals surface area contributed by atoms with Crippen LogP contribution in [-0.2, 0) is 4.74 Å². The van der Waals surface area contributed by atoms with Crippen molar-refractivity contribution < 1.29 is 9.47 Å². The van der Waals surface area contributed by atoms with Gasteiger partial charge in [-0.15, -0.1) is 0 Å². The Labute approximate surface area is 243 Å². The van der Waals surface area contributed by atoms with Crippen LogP contribution in [0.15, 0.2) is 51.6 Å². The fraction of sp³-hybridized carbons (Fsp3) is 0.464. The maximum Gasteiger partial charge on any atom is 0.287 e. The number of ether oxygens (including phenoxy) is 2. The van der Waals surface area contributed by atoms with E-state index in [-0.39, 0.29) is 17.7 Å². The Kier molecular flexibility index (Phi) is 9.65. The number of morpholine rings is 1. The van der Waals surface area contributed by atoms with Crippen molar-refractivity contribution in [2.75, 3.05) is 38.2 Å². The second kappa shape index (κ2) is 13.7. The van der Waals surface area contributed by atoms with Crippen molar-refractivity contribution >= 4 is 35.9 Å². The van der Waals surface area contributed by atoms with E-state index in [4.69, 9.17) is 26.8 Å². The van der Waals surface area contributed by atoms with Crippen molar-refractivity contribution in [1.82, 2.24) is 24.6 Å². The van der Waals surface area contributed by atoms with E-state index < -0.39 is 0 Å². The second-order valence-corrected chi connectivity index (χ2v) is 10.7. The molecule has 2 aliphatic rings. The van der Waals surface area contributed by atoms with Gasteiger partial charge in [0.15, 0.2) is 0 Å². The molecule has 0 amide bonds. The molecule has 13 heteroatoms. The van der Waals surface area contributed by atoms with Crippen molar-refractivity contribution in [3.63, 3.8) is 0 Å². The van der Waals surface area contributed by atoms with E-state index in [1.165, 1.54) is 12.7 Å². The average molecular weight is 582 g/mol. The van der Waals surface area contributed by atoms with Gasteiger partial charge < -0.3 is 20.5 Å². The number of benzene rings is 1. The normalized spacial score (nSPS) is 20.9. The molecule has 0 unspecified atom stereocenters.